The molecule has 0 bridgehead atoms. The molecule has 0 spiro atoms. The van der Waals surface area contributed by atoms with E-state index in [0.717, 1.165) is 19.3 Å². The number of carbonyl (C=O) groups excluding carboxylic acids is 1. The first-order valence-electron chi connectivity index (χ1n) is 9.56. The molecule has 1 aliphatic rings. The van der Waals surface area contributed by atoms with Crippen LogP contribution in [0.5, 0.6) is 0 Å². The number of guanidine groups is 1. The van der Waals surface area contributed by atoms with Crippen molar-refractivity contribution in [2.75, 3.05) is 32.1 Å². The number of hydrogen-bond donors (Lipinski definition) is 2. The van der Waals surface area contributed by atoms with Crippen molar-refractivity contribution >= 4 is 45.9 Å². The first-order chi connectivity index (χ1) is 12.4. The highest BCUT2D eigenvalue weighted by Gasteiger charge is 2.30. The van der Waals surface area contributed by atoms with Gasteiger partial charge in [0.25, 0.3) is 0 Å². The number of sulfone groups is 1. The second kappa shape index (κ2) is 12.0. The average Bonchev–Trinajstić information content (AvgIpc) is 2.54. The van der Waals surface area contributed by atoms with Crippen molar-refractivity contribution in [3.8, 4) is 0 Å². The number of nitrogens with zero attached hydrogens (tertiary/aromatic N) is 2. The summed E-state index contributed by atoms with van der Waals surface area (Å²) in [6.45, 7) is 8.78. The van der Waals surface area contributed by atoms with Crippen LogP contribution in [0, 0.1) is 0 Å². The largest absolute Gasteiger partial charge is 0.444 e. The Hall–Kier alpha value is -0.780. The smallest absolute Gasteiger partial charge is 0.410 e. The standard InChI is InChI=1S/C18H36N4O4S.HI/c1-14(10-12-27(6,24)25)21-16(19-5)20-13-15-9-7-8-11-22(15)17(23)26-18(2,3)4;/h14-15H,7-13H2,1-6H3,(H2,19,20,21);1H. The number of aliphatic imine (C=N–C) groups is 1. The van der Waals surface area contributed by atoms with Gasteiger partial charge in [0.2, 0.25) is 0 Å². The zero-order valence-electron chi connectivity index (χ0n) is 17.9. The maximum absolute atomic E-state index is 12.5. The molecular weight excluding hydrogens is 495 g/mol. The Morgan fingerprint density at radius 1 is 1.32 bits per heavy atom. The molecule has 0 saturated carbocycles. The summed E-state index contributed by atoms with van der Waals surface area (Å²) in [7, 11) is -1.31. The molecule has 0 aromatic carbocycles. The Balaban J connectivity index is 0.00000729. The highest BCUT2D eigenvalue weighted by Crippen LogP contribution is 2.20. The van der Waals surface area contributed by atoms with E-state index >= 15 is 0 Å². The maximum Gasteiger partial charge on any atom is 0.410 e. The van der Waals surface area contributed by atoms with Crippen LogP contribution in [-0.4, -0.2) is 75.2 Å². The van der Waals surface area contributed by atoms with Gasteiger partial charge >= 0.3 is 6.09 Å². The predicted octanol–water partition coefficient (Wildman–Crippen LogP) is 2.38. The van der Waals surface area contributed by atoms with Crippen LogP contribution in [-0.2, 0) is 14.6 Å². The number of amides is 1. The third-order valence-electron chi connectivity index (χ3n) is 4.29. The van der Waals surface area contributed by atoms with Gasteiger partial charge in [-0.15, -0.1) is 24.0 Å². The van der Waals surface area contributed by atoms with Crippen LogP contribution in [0.15, 0.2) is 4.99 Å². The quantitative estimate of drug-likeness (QED) is 0.310. The van der Waals surface area contributed by atoms with Crippen molar-refractivity contribution in [3.63, 3.8) is 0 Å². The number of piperidine rings is 1. The van der Waals surface area contributed by atoms with E-state index in [1.165, 1.54) is 6.26 Å². The normalized spacial score (nSPS) is 19.4. The Kier molecular flexibility index (Phi) is 11.7. The van der Waals surface area contributed by atoms with Gasteiger partial charge in [0.15, 0.2) is 5.96 Å². The third kappa shape index (κ3) is 11.3. The molecule has 8 nitrogen and oxygen atoms in total. The fraction of sp³-hybridized carbons (Fsp3) is 0.889. The van der Waals surface area contributed by atoms with Crippen LogP contribution in [0.4, 0.5) is 4.79 Å². The molecule has 1 fully saturated rings. The lowest BCUT2D eigenvalue weighted by Crippen LogP contribution is -2.53. The van der Waals surface area contributed by atoms with E-state index < -0.39 is 15.4 Å². The second-order valence-electron chi connectivity index (χ2n) is 8.24. The van der Waals surface area contributed by atoms with Gasteiger partial charge in [-0.1, -0.05) is 0 Å². The average molecular weight is 532 g/mol. The predicted molar refractivity (Wildman–Crippen MR) is 124 cm³/mol. The molecular formula is C18H37IN4O4S. The summed E-state index contributed by atoms with van der Waals surface area (Å²) in [5.74, 6) is 0.735. The van der Waals surface area contributed by atoms with Gasteiger partial charge in [-0.2, -0.15) is 0 Å². The molecule has 1 amide bonds. The number of halogens is 1. The number of carbonyl (C=O) groups is 1. The minimum absolute atomic E-state index is 0. The monoisotopic (exact) mass is 532 g/mol. The van der Waals surface area contributed by atoms with Crippen molar-refractivity contribution < 1.29 is 17.9 Å². The SMILES string of the molecule is CN=C(NCC1CCCCN1C(=O)OC(C)(C)C)NC(C)CCS(C)(=O)=O.I. The molecule has 0 aliphatic carbocycles. The van der Waals surface area contributed by atoms with Crippen molar-refractivity contribution in [1.82, 2.24) is 15.5 Å². The summed E-state index contributed by atoms with van der Waals surface area (Å²) in [6, 6.07) is 0.0118. The summed E-state index contributed by atoms with van der Waals surface area (Å²) in [6.07, 6.45) is 4.42. The summed E-state index contributed by atoms with van der Waals surface area (Å²) >= 11 is 0. The molecule has 2 unspecified atom stereocenters. The fourth-order valence-electron chi connectivity index (χ4n) is 2.88. The van der Waals surface area contributed by atoms with Gasteiger partial charge in [-0.05, 0) is 53.4 Å². The van der Waals surface area contributed by atoms with Crippen molar-refractivity contribution in [1.29, 1.82) is 0 Å². The molecule has 166 valence electrons. The zero-order valence-corrected chi connectivity index (χ0v) is 21.1. The summed E-state index contributed by atoms with van der Waals surface area (Å²) in [4.78, 5) is 18.5. The van der Waals surface area contributed by atoms with Crippen molar-refractivity contribution in [2.24, 2.45) is 4.99 Å². The van der Waals surface area contributed by atoms with E-state index in [1.807, 2.05) is 27.7 Å². The first kappa shape index (κ1) is 27.2. The lowest BCUT2D eigenvalue weighted by atomic mass is 10.0. The lowest BCUT2D eigenvalue weighted by Gasteiger charge is -2.37. The van der Waals surface area contributed by atoms with E-state index in [2.05, 4.69) is 15.6 Å². The van der Waals surface area contributed by atoms with Crippen LogP contribution >= 0.6 is 24.0 Å². The maximum atomic E-state index is 12.5. The van der Waals surface area contributed by atoms with E-state index in [1.54, 1.807) is 11.9 Å². The molecule has 0 radical (unpaired) electrons. The molecule has 2 N–H and O–H groups in total. The topological polar surface area (TPSA) is 100 Å². The molecule has 1 saturated heterocycles. The van der Waals surface area contributed by atoms with E-state index in [0.29, 0.717) is 25.5 Å². The third-order valence-corrected chi connectivity index (χ3v) is 5.27. The van der Waals surface area contributed by atoms with E-state index in [9.17, 15) is 13.2 Å². The Labute approximate surface area is 187 Å². The van der Waals surface area contributed by atoms with E-state index in [4.69, 9.17) is 4.74 Å². The molecule has 1 rings (SSSR count). The van der Waals surface area contributed by atoms with Gasteiger partial charge in [-0.25, -0.2) is 13.2 Å². The molecule has 28 heavy (non-hydrogen) atoms. The molecule has 0 aromatic rings. The van der Waals surface area contributed by atoms with Crippen LogP contribution < -0.4 is 10.6 Å². The minimum atomic E-state index is -2.98. The summed E-state index contributed by atoms with van der Waals surface area (Å²) in [5.41, 5.74) is -0.515. The minimum Gasteiger partial charge on any atom is -0.444 e. The summed E-state index contributed by atoms with van der Waals surface area (Å²) in [5, 5.41) is 6.46. The molecule has 2 atom stereocenters. The molecule has 10 heteroatoms. The lowest BCUT2D eigenvalue weighted by molar-refractivity contribution is 0.0104. The molecule has 1 aliphatic heterocycles. The fourth-order valence-corrected chi connectivity index (χ4v) is 3.66. The van der Waals surface area contributed by atoms with Gasteiger partial charge in [0.1, 0.15) is 15.4 Å². The number of likely N-dealkylation sites (tertiary alicyclic amines) is 1. The molecule has 0 aromatic heterocycles. The van der Waals surface area contributed by atoms with Gasteiger partial charge in [0.05, 0.1) is 11.8 Å². The number of nitrogens with one attached hydrogen (secondary N) is 2. The van der Waals surface area contributed by atoms with Crippen LogP contribution in [0.3, 0.4) is 0 Å². The first-order valence-corrected chi connectivity index (χ1v) is 11.6. The number of rotatable bonds is 6. The summed E-state index contributed by atoms with van der Waals surface area (Å²) < 4.78 is 28.1. The Bertz CT molecular complexity index is 620. The van der Waals surface area contributed by atoms with Crippen molar-refractivity contribution in [3.05, 3.63) is 0 Å². The highest BCUT2D eigenvalue weighted by atomic mass is 127. The van der Waals surface area contributed by atoms with Gasteiger partial charge < -0.3 is 20.3 Å². The van der Waals surface area contributed by atoms with E-state index in [-0.39, 0.29) is 47.9 Å². The Morgan fingerprint density at radius 2 is 1.96 bits per heavy atom. The second-order valence-corrected chi connectivity index (χ2v) is 10.5. The zero-order chi connectivity index (χ0) is 20.7. The highest BCUT2D eigenvalue weighted by molar-refractivity contribution is 14.0. The van der Waals surface area contributed by atoms with Crippen molar-refractivity contribution in [2.45, 2.75) is 71.1 Å². The molecule has 1 heterocycles. The Morgan fingerprint density at radius 3 is 2.50 bits per heavy atom. The van der Waals surface area contributed by atoms with Crippen LogP contribution in [0.25, 0.3) is 0 Å². The van der Waals surface area contributed by atoms with Crippen LogP contribution in [0.2, 0.25) is 0 Å². The van der Waals surface area contributed by atoms with Gasteiger partial charge in [-0.3, -0.25) is 4.99 Å². The number of hydrogen-bond acceptors (Lipinski definition) is 5. The number of ether oxygens (including phenoxy) is 1. The van der Waals surface area contributed by atoms with Gasteiger partial charge in [0, 0.05) is 32.4 Å². The van der Waals surface area contributed by atoms with Crippen LogP contribution in [0.1, 0.15) is 53.4 Å².